The molecule has 19 heavy (non-hydrogen) atoms. The number of nitrogens with one attached hydrogen (secondary N) is 1. The molecule has 1 saturated carbocycles. The van der Waals surface area contributed by atoms with E-state index in [1.165, 1.54) is 0 Å². The van der Waals surface area contributed by atoms with Gasteiger partial charge in [0.15, 0.2) is 11.6 Å². The second-order valence-electron chi connectivity index (χ2n) is 5.13. The molecule has 1 aromatic carbocycles. The van der Waals surface area contributed by atoms with E-state index in [4.69, 9.17) is 21.1 Å². The SMILES string of the molecule is Fc1c(Cl)cccc1NC1CCC2(CC1)OCCO2. The number of hydrogen-bond acceptors (Lipinski definition) is 3. The van der Waals surface area contributed by atoms with Gasteiger partial charge in [-0.15, -0.1) is 0 Å². The number of hydrogen-bond donors (Lipinski definition) is 1. The third-order valence-corrected chi connectivity index (χ3v) is 4.16. The van der Waals surface area contributed by atoms with Crippen LogP contribution in [-0.4, -0.2) is 25.0 Å². The largest absolute Gasteiger partial charge is 0.380 e. The summed E-state index contributed by atoms with van der Waals surface area (Å²) in [5.41, 5.74) is 0.474. The quantitative estimate of drug-likeness (QED) is 0.901. The summed E-state index contributed by atoms with van der Waals surface area (Å²) in [6, 6.07) is 5.26. The molecule has 1 N–H and O–H groups in total. The van der Waals surface area contributed by atoms with Gasteiger partial charge in [-0.1, -0.05) is 17.7 Å². The van der Waals surface area contributed by atoms with E-state index in [-0.39, 0.29) is 22.7 Å². The van der Waals surface area contributed by atoms with Crippen molar-refractivity contribution < 1.29 is 13.9 Å². The van der Waals surface area contributed by atoms with Crippen molar-refractivity contribution in [3.05, 3.63) is 29.0 Å². The molecule has 0 bridgehead atoms. The average Bonchev–Trinajstić information content (AvgIpc) is 2.86. The monoisotopic (exact) mass is 285 g/mol. The number of rotatable bonds is 2. The van der Waals surface area contributed by atoms with Gasteiger partial charge in [-0.05, 0) is 25.0 Å². The first-order chi connectivity index (χ1) is 9.19. The van der Waals surface area contributed by atoms with E-state index in [0.717, 1.165) is 25.7 Å². The Morgan fingerprint density at radius 2 is 1.89 bits per heavy atom. The number of ether oxygens (including phenoxy) is 2. The van der Waals surface area contributed by atoms with Gasteiger partial charge in [0.1, 0.15) is 0 Å². The summed E-state index contributed by atoms with van der Waals surface area (Å²) in [4.78, 5) is 0. The Bertz CT molecular complexity index is 453. The molecular formula is C14H17ClFNO2. The fourth-order valence-corrected chi connectivity index (χ4v) is 3.00. The van der Waals surface area contributed by atoms with Crippen LogP contribution in [0.5, 0.6) is 0 Å². The summed E-state index contributed by atoms with van der Waals surface area (Å²) in [7, 11) is 0. The van der Waals surface area contributed by atoms with Gasteiger partial charge in [0, 0.05) is 18.9 Å². The van der Waals surface area contributed by atoms with Crippen molar-refractivity contribution >= 4 is 17.3 Å². The first kappa shape index (κ1) is 13.2. The van der Waals surface area contributed by atoms with E-state index in [2.05, 4.69) is 5.32 Å². The predicted molar refractivity (Wildman–Crippen MR) is 71.9 cm³/mol. The summed E-state index contributed by atoms with van der Waals surface area (Å²) >= 11 is 5.77. The predicted octanol–water partition coefficient (Wildman–Crippen LogP) is 3.58. The van der Waals surface area contributed by atoms with Crippen molar-refractivity contribution in [2.45, 2.75) is 37.5 Å². The molecule has 0 amide bonds. The zero-order valence-corrected chi connectivity index (χ0v) is 11.4. The number of halogens is 2. The third kappa shape index (κ3) is 2.71. The number of benzene rings is 1. The summed E-state index contributed by atoms with van der Waals surface area (Å²) in [5.74, 6) is -0.747. The van der Waals surface area contributed by atoms with Crippen LogP contribution in [0.4, 0.5) is 10.1 Å². The van der Waals surface area contributed by atoms with Gasteiger partial charge in [0.2, 0.25) is 0 Å². The highest BCUT2D eigenvalue weighted by atomic mass is 35.5. The normalized spacial score (nSPS) is 22.8. The lowest BCUT2D eigenvalue weighted by molar-refractivity contribution is -0.177. The Morgan fingerprint density at radius 1 is 1.21 bits per heavy atom. The van der Waals surface area contributed by atoms with Crippen molar-refractivity contribution in [1.29, 1.82) is 0 Å². The average molecular weight is 286 g/mol. The summed E-state index contributed by atoms with van der Waals surface area (Å²) in [6.07, 6.45) is 3.53. The van der Waals surface area contributed by atoms with E-state index >= 15 is 0 Å². The maximum Gasteiger partial charge on any atom is 0.168 e. The molecule has 3 nitrogen and oxygen atoms in total. The summed E-state index contributed by atoms with van der Waals surface area (Å²) in [5, 5.41) is 3.38. The van der Waals surface area contributed by atoms with E-state index in [0.29, 0.717) is 18.9 Å². The topological polar surface area (TPSA) is 30.5 Å². The van der Waals surface area contributed by atoms with Crippen LogP contribution < -0.4 is 5.32 Å². The Labute approximate surface area is 117 Å². The Balaban J connectivity index is 1.61. The summed E-state index contributed by atoms with van der Waals surface area (Å²) < 4.78 is 25.2. The highest BCUT2D eigenvalue weighted by Gasteiger charge is 2.40. The van der Waals surface area contributed by atoms with E-state index in [1.807, 2.05) is 0 Å². The van der Waals surface area contributed by atoms with Crippen LogP contribution in [0.15, 0.2) is 18.2 Å². The van der Waals surface area contributed by atoms with Gasteiger partial charge < -0.3 is 14.8 Å². The first-order valence-electron chi connectivity index (χ1n) is 6.67. The lowest BCUT2D eigenvalue weighted by Gasteiger charge is -2.36. The molecule has 1 aromatic rings. The van der Waals surface area contributed by atoms with Crippen LogP contribution in [0.2, 0.25) is 5.02 Å². The zero-order valence-electron chi connectivity index (χ0n) is 10.6. The molecule has 0 unspecified atom stereocenters. The van der Waals surface area contributed by atoms with Gasteiger partial charge in [-0.3, -0.25) is 0 Å². The molecule has 1 heterocycles. The van der Waals surface area contributed by atoms with Crippen LogP contribution in [-0.2, 0) is 9.47 Å². The lowest BCUT2D eigenvalue weighted by Crippen LogP contribution is -2.39. The fraction of sp³-hybridized carbons (Fsp3) is 0.571. The Kier molecular flexibility index (Phi) is 3.65. The molecule has 1 aliphatic heterocycles. The lowest BCUT2D eigenvalue weighted by atomic mass is 9.90. The molecule has 5 heteroatoms. The van der Waals surface area contributed by atoms with Crippen molar-refractivity contribution in [1.82, 2.24) is 0 Å². The Morgan fingerprint density at radius 3 is 2.58 bits per heavy atom. The molecule has 1 spiro atoms. The molecule has 2 fully saturated rings. The first-order valence-corrected chi connectivity index (χ1v) is 7.05. The Hall–Kier alpha value is -0.840. The molecular weight excluding hydrogens is 269 g/mol. The highest BCUT2D eigenvalue weighted by Crippen LogP contribution is 2.37. The third-order valence-electron chi connectivity index (χ3n) is 3.87. The van der Waals surface area contributed by atoms with Gasteiger partial charge in [-0.25, -0.2) is 4.39 Å². The second-order valence-corrected chi connectivity index (χ2v) is 5.53. The number of anilines is 1. The van der Waals surface area contributed by atoms with Crippen molar-refractivity contribution in [3.63, 3.8) is 0 Å². The van der Waals surface area contributed by atoms with E-state index < -0.39 is 0 Å². The van der Waals surface area contributed by atoms with Crippen LogP contribution in [0.3, 0.4) is 0 Å². The molecule has 104 valence electrons. The smallest absolute Gasteiger partial charge is 0.168 e. The molecule has 1 saturated heterocycles. The van der Waals surface area contributed by atoms with Crippen LogP contribution in [0.25, 0.3) is 0 Å². The molecule has 3 rings (SSSR count). The van der Waals surface area contributed by atoms with E-state index in [9.17, 15) is 4.39 Å². The molecule has 2 aliphatic rings. The highest BCUT2D eigenvalue weighted by molar-refractivity contribution is 6.31. The van der Waals surface area contributed by atoms with Crippen molar-refractivity contribution in [3.8, 4) is 0 Å². The van der Waals surface area contributed by atoms with Gasteiger partial charge in [0.05, 0.1) is 23.9 Å². The standard InChI is InChI=1S/C14H17ClFNO2/c15-11-2-1-3-12(13(11)16)17-10-4-6-14(7-5-10)18-8-9-19-14/h1-3,10,17H,4-9H2. The van der Waals surface area contributed by atoms with E-state index in [1.54, 1.807) is 18.2 Å². The summed E-state index contributed by atoms with van der Waals surface area (Å²) in [6.45, 7) is 1.36. The maximum absolute atomic E-state index is 13.8. The second kappa shape index (κ2) is 5.27. The minimum atomic E-state index is -0.377. The van der Waals surface area contributed by atoms with Gasteiger partial charge >= 0.3 is 0 Å². The minimum absolute atomic E-state index is 0.153. The molecule has 0 aromatic heterocycles. The molecule has 0 atom stereocenters. The van der Waals surface area contributed by atoms with Crippen LogP contribution >= 0.6 is 11.6 Å². The fourth-order valence-electron chi connectivity index (χ4n) is 2.82. The zero-order chi connectivity index (χ0) is 13.3. The van der Waals surface area contributed by atoms with Crippen LogP contribution in [0.1, 0.15) is 25.7 Å². The molecule has 1 aliphatic carbocycles. The van der Waals surface area contributed by atoms with Crippen molar-refractivity contribution in [2.24, 2.45) is 0 Å². The maximum atomic E-state index is 13.8. The van der Waals surface area contributed by atoms with Crippen LogP contribution in [0, 0.1) is 5.82 Å². The minimum Gasteiger partial charge on any atom is -0.380 e. The van der Waals surface area contributed by atoms with Gasteiger partial charge in [-0.2, -0.15) is 0 Å². The van der Waals surface area contributed by atoms with Crippen molar-refractivity contribution in [2.75, 3.05) is 18.5 Å². The molecule has 0 radical (unpaired) electrons. The van der Waals surface area contributed by atoms with Gasteiger partial charge in [0.25, 0.3) is 0 Å².